The van der Waals surface area contributed by atoms with Crippen LogP contribution in [0.4, 0.5) is 0 Å². The zero-order chi connectivity index (χ0) is 19.3. The van der Waals surface area contributed by atoms with Gasteiger partial charge in [-0.1, -0.05) is 30.3 Å². The van der Waals surface area contributed by atoms with Crippen LogP contribution in [-0.2, 0) is 21.4 Å². The van der Waals surface area contributed by atoms with Crippen LogP contribution in [-0.4, -0.2) is 50.1 Å². The Hall–Kier alpha value is -2.71. The van der Waals surface area contributed by atoms with E-state index in [0.29, 0.717) is 5.56 Å². The largest absolute Gasteiger partial charge is 0.366 e. The van der Waals surface area contributed by atoms with Crippen LogP contribution < -0.4 is 5.73 Å². The summed E-state index contributed by atoms with van der Waals surface area (Å²) in [4.78, 5) is 25.1. The summed E-state index contributed by atoms with van der Waals surface area (Å²) < 4.78 is 26.0. The Kier molecular flexibility index (Phi) is 6.12. The Balaban J connectivity index is 2.05. The Morgan fingerprint density at radius 2 is 1.65 bits per heavy atom. The minimum absolute atomic E-state index is 0.132. The molecule has 0 atom stereocenters. The molecule has 0 aliphatic carbocycles. The van der Waals surface area contributed by atoms with Crippen molar-refractivity contribution in [3.05, 3.63) is 65.7 Å². The zero-order valence-corrected chi connectivity index (χ0v) is 15.4. The molecule has 0 unspecified atom stereocenters. The fourth-order valence-electron chi connectivity index (χ4n) is 2.35. The number of primary amides is 1. The first kappa shape index (κ1) is 19.6. The number of sulfonamides is 1. The molecule has 2 N–H and O–H groups in total. The van der Waals surface area contributed by atoms with Gasteiger partial charge in [0.15, 0.2) is 0 Å². The molecule has 0 saturated heterocycles. The zero-order valence-electron chi connectivity index (χ0n) is 14.6. The van der Waals surface area contributed by atoms with Crippen molar-refractivity contribution in [2.75, 3.05) is 20.6 Å². The molecule has 2 aromatic carbocycles. The van der Waals surface area contributed by atoms with E-state index in [0.717, 1.165) is 9.87 Å². The van der Waals surface area contributed by atoms with Crippen LogP contribution in [0.2, 0.25) is 0 Å². The molecule has 26 heavy (non-hydrogen) atoms. The first-order valence-corrected chi connectivity index (χ1v) is 9.30. The van der Waals surface area contributed by atoms with Gasteiger partial charge in [-0.3, -0.25) is 9.59 Å². The summed E-state index contributed by atoms with van der Waals surface area (Å²) in [6, 6.07) is 14.6. The lowest BCUT2D eigenvalue weighted by Crippen LogP contribution is -2.39. The lowest BCUT2D eigenvalue weighted by molar-refractivity contribution is -0.130. The number of nitrogens with two attached hydrogens (primary N) is 1. The van der Waals surface area contributed by atoms with Crippen molar-refractivity contribution in [1.29, 1.82) is 0 Å². The Morgan fingerprint density at radius 1 is 1.00 bits per heavy atom. The molecule has 0 aliphatic heterocycles. The van der Waals surface area contributed by atoms with Gasteiger partial charge in [0.2, 0.25) is 21.8 Å². The van der Waals surface area contributed by atoms with Gasteiger partial charge in [-0.2, -0.15) is 4.31 Å². The second-order valence-electron chi connectivity index (χ2n) is 5.89. The molecule has 2 aromatic rings. The normalized spacial score (nSPS) is 11.3. The number of benzene rings is 2. The van der Waals surface area contributed by atoms with E-state index in [4.69, 9.17) is 5.73 Å². The maximum absolute atomic E-state index is 12.5. The van der Waals surface area contributed by atoms with Gasteiger partial charge in [0.1, 0.15) is 0 Å². The molecule has 138 valence electrons. The fourth-order valence-corrected chi connectivity index (χ4v) is 3.49. The number of nitrogens with zero attached hydrogens (tertiary/aromatic N) is 2. The van der Waals surface area contributed by atoms with Crippen molar-refractivity contribution >= 4 is 21.8 Å². The van der Waals surface area contributed by atoms with Gasteiger partial charge in [-0.05, 0) is 29.8 Å². The summed E-state index contributed by atoms with van der Waals surface area (Å²) in [6.07, 6.45) is 0. The van der Waals surface area contributed by atoms with E-state index in [1.807, 2.05) is 0 Å². The smallest absolute Gasteiger partial charge is 0.248 e. The van der Waals surface area contributed by atoms with E-state index in [-0.39, 0.29) is 23.9 Å². The highest BCUT2D eigenvalue weighted by atomic mass is 32.2. The number of rotatable bonds is 7. The summed E-state index contributed by atoms with van der Waals surface area (Å²) >= 11 is 0. The van der Waals surface area contributed by atoms with Gasteiger partial charge in [0.05, 0.1) is 11.4 Å². The van der Waals surface area contributed by atoms with E-state index in [9.17, 15) is 18.0 Å². The number of hydrogen-bond donors (Lipinski definition) is 1. The van der Waals surface area contributed by atoms with Gasteiger partial charge < -0.3 is 10.6 Å². The van der Waals surface area contributed by atoms with Crippen molar-refractivity contribution in [2.24, 2.45) is 5.73 Å². The van der Waals surface area contributed by atoms with Crippen molar-refractivity contribution < 1.29 is 18.0 Å². The highest BCUT2D eigenvalue weighted by Gasteiger charge is 2.24. The lowest BCUT2D eigenvalue weighted by atomic mass is 10.1. The average molecular weight is 375 g/mol. The van der Waals surface area contributed by atoms with Crippen LogP contribution in [0.15, 0.2) is 59.5 Å². The highest BCUT2D eigenvalue weighted by molar-refractivity contribution is 7.89. The molecule has 0 heterocycles. The van der Waals surface area contributed by atoms with Gasteiger partial charge >= 0.3 is 0 Å². The predicted molar refractivity (Wildman–Crippen MR) is 97.7 cm³/mol. The maximum Gasteiger partial charge on any atom is 0.248 e. The van der Waals surface area contributed by atoms with E-state index in [1.54, 1.807) is 49.5 Å². The van der Waals surface area contributed by atoms with Gasteiger partial charge in [-0.25, -0.2) is 8.42 Å². The maximum atomic E-state index is 12.5. The van der Waals surface area contributed by atoms with E-state index >= 15 is 0 Å². The second kappa shape index (κ2) is 8.11. The van der Waals surface area contributed by atoms with Crippen LogP contribution in [0.1, 0.15) is 15.9 Å². The first-order valence-electron chi connectivity index (χ1n) is 7.86. The summed E-state index contributed by atoms with van der Waals surface area (Å²) in [5, 5.41) is 0. The number of amides is 2. The van der Waals surface area contributed by atoms with Crippen molar-refractivity contribution in [3.8, 4) is 0 Å². The minimum atomic E-state index is -3.73. The summed E-state index contributed by atoms with van der Waals surface area (Å²) in [5.41, 5.74) is 6.33. The lowest BCUT2D eigenvalue weighted by Gasteiger charge is -2.22. The monoisotopic (exact) mass is 375 g/mol. The minimum Gasteiger partial charge on any atom is -0.366 e. The van der Waals surface area contributed by atoms with Crippen LogP contribution in [0.5, 0.6) is 0 Å². The molecule has 0 fully saturated rings. The quantitative estimate of drug-likeness (QED) is 0.782. The Morgan fingerprint density at radius 3 is 2.27 bits per heavy atom. The van der Waals surface area contributed by atoms with Crippen molar-refractivity contribution in [3.63, 3.8) is 0 Å². The third-order valence-electron chi connectivity index (χ3n) is 3.87. The summed E-state index contributed by atoms with van der Waals surface area (Å²) in [6.45, 7) is -0.0532. The van der Waals surface area contributed by atoms with Gasteiger partial charge in [-0.15, -0.1) is 0 Å². The van der Waals surface area contributed by atoms with Crippen LogP contribution in [0.3, 0.4) is 0 Å². The molecule has 0 spiro atoms. The van der Waals surface area contributed by atoms with Crippen LogP contribution in [0, 0.1) is 0 Å². The predicted octanol–water partition coefficient (Wildman–Crippen LogP) is 1.06. The number of carbonyl (C=O) groups is 2. The molecule has 0 radical (unpaired) electrons. The molecule has 2 amide bonds. The molecule has 0 aliphatic rings. The average Bonchev–Trinajstić information content (AvgIpc) is 2.62. The standard InChI is InChI=1S/C18H21N3O4S/c1-20(12-14-7-6-8-15(11-14)18(19)23)17(22)13-21(2)26(24,25)16-9-4-3-5-10-16/h3-11H,12-13H2,1-2H3,(H2,19,23). The highest BCUT2D eigenvalue weighted by Crippen LogP contribution is 2.14. The third kappa shape index (κ3) is 4.68. The molecular weight excluding hydrogens is 354 g/mol. The van der Waals surface area contributed by atoms with E-state index in [2.05, 4.69) is 0 Å². The Bertz CT molecular complexity index is 898. The van der Waals surface area contributed by atoms with Gasteiger partial charge in [0.25, 0.3) is 0 Å². The number of carbonyl (C=O) groups excluding carboxylic acids is 2. The molecular formula is C18H21N3O4S. The molecule has 8 heteroatoms. The molecule has 7 nitrogen and oxygen atoms in total. The van der Waals surface area contributed by atoms with E-state index < -0.39 is 15.9 Å². The van der Waals surface area contributed by atoms with Crippen LogP contribution >= 0.6 is 0 Å². The SMILES string of the molecule is CN(Cc1cccc(C(N)=O)c1)C(=O)CN(C)S(=O)(=O)c1ccccc1. The Labute approximate surface area is 153 Å². The summed E-state index contributed by atoms with van der Waals surface area (Å²) in [5.74, 6) is -0.911. The first-order chi connectivity index (χ1) is 12.2. The molecule has 2 rings (SSSR count). The summed E-state index contributed by atoms with van der Waals surface area (Å²) in [7, 11) is -0.799. The van der Waals surface area contributed by atoms with E-state index in [1.165, 1.54) is 24.1 Å². The van der Waals surface area contributed by atoms with Crippen LogP contribution in [0.25, 0.3) is 0 Å². The molecule has 0 aromatic heterocycles. The second-order valence-corrected chi connectivity index (χ2v) is 7.93. The van der Waals surface area contributed by atoms with Crippen molar-refractivity contribution in [1.82, 2.24) is 9.21 Å². The number of likely N-dealkylation sites (N-methyl/N-ethyl adjacent to an activating group) is 2. The molecule has 0 bridgehead atoms. The van der Waals surface area contributed by atoms with Crippen molar-refractivity contribution in [2.45, 2.75) is 11.4 Å². The third-order valence-corrected chi connectivity index (χ3v) is 5.68. The van der Waals surface area contributed by atoms with Gasteiger partial charge in [0, 0.05) is 26.2 Å². The topological polar surface area (TPSA) is 101 Å². The fraction of sp³-hybridized carbons (Fsp3) is 0.222. The molecule has 0 saturated carbocycles. The number of hydrogen-bond acceptors (Lipinski definition) is 4.